The quantitative estimate of drug-likeness (QED) is 0.816. The first-order chi connectivity index (χ1) is 9.16. The molecule has 104 valence electrons. The highest BCUT2D eigenvalue weighted by Crippen LogP contribution is 2.13. The van der Waals surface area contributed by atoms with Crippen LogP contribution in [0.15, 0.2) is 18.2 Å². The molecule has 1 aromatic carbocycles. The molecule has 5 heteroatoms. The van der Waals surface area contributed by atoms with Gasteiger partial charge in [0.05, 0.1) is 13.2 Å². The van der Waals surface area contributed by atoms with Gasteiger partial charge in [0.2, 0.25) is 0 Å². The largest absolute Gasteiger partial charge is 0.379 e. The number of rotatable bonds is 4. The summed E-state index contributed by atoms with van der Waals surface area (Å²) in [7, 11) is 0. The predicted molar refractivity (Wildman–Crippen MR) is 83.5 cm³/mol. The van der Waals surface area contributed by atoms with Crippen molar-refractivity contribution in [2.45, 2.75) is 6.92 Å². The van der Waals surface area contributed by atoms with Crippen molar-refractivity contribution < 1.29 is 9.53 Å². The fraction of sp³-hybridized carbons (Fsp3) is 0.500. The Labute approximate surface area is 127 Å². The Bertz CT molecular complexity index is 445. The number of hydrogen-bond acceptors (Lipinski definition) is 3. The summed E-state index contributed by atoms with van der Waals surface area (Å²) in [6.07, 6.45) is 0. The number of hydrogen-bond donors (Lipinski definition) is 1. The van der Waals surface area contributed by atoms with E-state index in [4.69, 9.17) is 4.74 Å². The van der Waals surface area contributed by atoms with Gasteiger partial charge in [-0.05, 0) is 53.3 Å². The summed E-state index contributed by atoms with van der Waals surface area (Å²) in [6, 6.07) is 5.79. The van der Waals surface area contributed by atoms with Gasteiger partial charge in [0.1, 0.15) is 0 Å². The number of morpholine rings is 1. The Hall–Kier alpha value is -0.660. The van der Waals surface area contributed by atoms with Crippen LogP contribution in [0, 0.1) is 10.5 Å². The fourth-order valence-electron chi connectivity index (χ4n) is 2.04. The smallest absolute Gasteiger partial charge is 0.251 e. The molecule has 0 saturated carbocycles. The molecule has 0 spiro atoms. The molecule has 2 rings (SSSR count). The molecule has 1 aromatic rings. The van der Waals surface area contributed by atoms with E-state index in [1.807, 2.05) is 25.1 Å². The van der Waals surface area contributed by atoms with E-state index in [1.165, 1.54) is 3.57 Å². The van der Waals surface area contributed by atoms with E-state index in [2.05, 4.69) is 32.8 Å². The first-order valence-electron chi connectivity index (χ1n) is 6.51. The molecule has 1 amide bonds. The van der Waals surface area contributed by atoms with Crippen molar-refractivity contribution in [1.82, 2.24) is 10.2 Å². The molecule has 0 aromatic heterocycles. The van der Waals surface area contributed by atoms with Crippen LogP contribution >= 0.6 is 22.6 Å². The van der Waals surface area contributed by atoms with Crippen LogP contribution in [0.1, 0.15) is 15.9 Å². The lowest BCUT2D eigenvalue weighted by molar-refractivity contribution is 0.0383. The van der Waals surface area contributed by atoms with Crippen molar-refractivity contribution >= 4 is 28.5 Å². The van der Waals surface area contributed by atoms with Crippen LogP contribution in [-0.4, -0.2) is 50.2 Å². The van der Waals surface area contributed by atoms with E-state index < -0.39 is 0 Å². The van der Waals surface area contributed by atoms with Crippen molar-refractivity contribution in [2.24, 2.45) is 0 Å². The molecule has 1 aliphatic rings. The van der Waals surface area contributed by atoms with Gasteiger partial charge in [-0.15, -0.1) is 0 Å². The normalized spacial score (nSPS) is 16.3. The minimum Gasteiger partial charge on any atom is -0.379 e. The Kier molecular flexibility index (Phi) is 5.59. The van der Waals surface area contributed by atoms with Crippen molar-refractivity contribution in [3.05, 3.63) is 32.9 Å². The average molecular weight is 374 g/mol. The average Bonchev–Trinajstić information content (AvgIpc) is 2.43. The van der Waals surface area contributed by atoms with Gasteiger partial charge in [-0.25, -0.2) is 0 Å². The Morgan fingerprint density at radius 1 is 1.42 bits per heavy atom. The lowest BCUT2D eigenvalue weighted by atomic mass is 10.1. The summed E-state index contributed by atoms with van der Waals surface area (Å²) >= 11 is 2.27. The van der Waals surface area contributed by atoms with E-state index in [-0.39, 0.29) is 5.91 Å². The van der Waals surface area contributed by atoms with Gasteiger partial charge in [-0.1, -0.05) is 0 Å². The minimum absolute atomic E-state index is 0.00718. The minimum atomic E-state index is 0.00718. The Morgan fingerprint density at radius 2 is 2.16 bits per heavy atom. The second kappa shape index (κ2) is 7.21. The number of amides is 1. The number of nitrogens with one attached hydrogen (secondary N) is 1. The highest BCUT2D eigenvalue weighted by molar-refractivity contribution is 14.1. The summed E-state index contributed by atoms with van der Waals surface area (Å²) in [5, 5.41) is 2.97. The zero-order chi connectivity index (χ0) is 13.7. The molecule has 4 nitrogen and oxygen atoms in total. The SMILES string of the molecule is Cc1cc(C(=O)NCCN2CCOCC2)ccc1I. The van der Waals surface area contributed by atoms with Gasteiger partial charge in [0.25, 0.3) is 5.91 Å². The van der Waals surface area contributed by atoms with Crippen LogP contribution < -0.4 is 5.32 Å². The maximum absolute atomic E-state index is 12.0. The zero-order valence-electron chi connectivity index (χ0n) is 11.1. The molecule has 0 bridgehead atoms. The number of halogens is 1. The highest BCUT2D eigenvalue weighted by atomic mass is 127. The van der Waals surface area contributed by atoms with E-state index in [9.17, 15) is 4.79 Å². The van der Waals surface area contributed by atoms with Crippen LogP contribution in [0.3, 0.4) is 0 Å². The van der Waals surface area contributed by atoms with Gasteiger partial charge in [-0.2, -0.15) is 0 Å². The molecule has 1 fully saturated rings. The Balaban J connectivity index is 1.78. The van der Waals surface area contributed by atoms with Crippen molar-refractivity contribution in [3.8, 4) is 0 Å². The topological polar surface area (TPSA) is 41.6 Å². The van der Waals surface area contributed by atoms with Gasteiger partial charge < -0.3 is 10.1 Å². The van der Waals surface area contributed by atoms with E-state index in [0.29, 0.717) is 6.54 Å². The summed E-state index contributed by atoms with van der Waals surface area (Å²) in [5.41, 5.74) is 1.88. The molecular formula is C14H19IN2O2. The van der Waals surface area contributed by atoms with Gasteiger partial charge >= 0.3 is 0 Å². The molecule has 1 heterocycles. The van der Waals surface area contributed by atoms with Crippen LogP contribution in [0.5, 0.6) is 0 Å². The van der Waals surface area contributed by atoms with Gasteiger partial charge in [0.15, 0.2) is 0 Å². The van der Waals surface area contributed by atoms with Crippen LogP contribution in [-0.2, 0) is 4.74 Å². The Morgan fingerprint density at radius 3 is 2.84 bits per heavy atom. The fourth-order valence-corrected chi connectivity index (χ4v) is 2.38. The monoisotopic (exact) mass is 374 g/mol. The summed E-state index contributed by atoms with van der Waals surface area (Å²) in [6.45, 7) is 7.10. The number of ether oxygens (including phenoxy) is 1. The maximum atomic E-state index is 12.0. The number of nitrogens with zero attached hydrogens (tertiary/aromatic N) is 1. The van der Waals surface area contributed by atoms with E-state index in [0.717, 1.165) is 44.0 Å². The van der Waals surface area contributed by atoms with Crippen molar-refractivity contribution in [3.63, 3.8) is 0 Å². The molecule has 19 heavy (non-hydrogen) atoms. The second-order valence-corrected chi connectivity index (χ2v) is 5.84. The molecule has 0 atom stereocenters. The third-order valence-electron chi connectivity index (χ3n) is 3.24. The van der Waals surface area contributed by atoms with Crippen molar-refractivity contribution in [1.29, 1.82) is 0 Å². The lowest BCUT2D eigenvalue weighted by Gasteiger charge is -2.26. The summed E-state index contributed by atoms with van der Waals surface area (Å²) in [4.78, 5) is 14.3. The molecule has 0 radical (unpaired) electrons. The summed E-state index contributed by atoms with van der Waals surface area (Å²) in [5.74, 6) is 0.00718. The second-order valence-electron chi connectivity index (χ2n) is 4.67. The zero-order valence-corrected chi connectivity index (χ0v) is 13.3. The van der Waals surface area contributed by atoms with Gasteiger partial charge in [-0.3, -0.25) is 9.69 Å². The van der Waals surface area contributed by atoms with Crippen LogP contribution in [0.4, 0.5) is 0 Å². The third kappa shape index (κ3) is 4.43. The van der Waals surface area contributed by atoms with Crippen LogP contribution in [0.2, 0.25) is 0 Å². The highest BCUT2D eigenvalue weighted by Gasteiger charge is 2.11. The number of benzene rings is 1. The van der Waals surface area contributed by atoms with Crippen molar-refractivity contribution in [2.75, 3.05) is 39.4 Å². The standard InChI is InChI=1S/C14H19IN2O2/c1-11-10-12(2-3-13(11)15)14(18)16-4-5-17-6-8-19-9-7-17/h2-3,10H,4-9H2,1H3,(H,16,18). The first-order valence-corrected chi connectivity index (χ1v) is 7.59. The van der Waals surface area contributed by atoms with E-state index >= 15 is 0 Å². The van der Waals surface area contributed by atoms with Gasteiger partial charge in [0, 0.05) is 35.3 Å². The molecular weight excluding hydrogens is 355 g/mol. The molecule has 0 unspecified atom stereocenters. The molecule has 1 saturated heterocycles. The third-order valence-corrected chi connectivity index (χ3v) is 4.45. The molecule has 1 N–H and O–H groups in total. The van der Waals surface area contributed by atoms with Crippen LogP contribution in [0.25, 0.3) is 0 Å². The summed E-state index contributed by atoms with van der Waals surface area (Å²) < 4.78 is 6.47. The number of aryl methyl sites for hydroxylation is 1. The first kappa shape index (κ1) is 14.7. The van der Waals surface area contributed by atoms with E-state index in [1.54, 1.807) is 0 Å². The lowest BCUT2D eigenvalue weighted by Crippen LogP contribution is -2.41. The molecule has 1 aliphatic heterocycles. The number of carbonyl (C=O) groups excluding carboxylic acids is 1. The predicted octanol–water partition coefficient (Wildman–Crippen LogP) is 1.66. The maximum Gasteiger partial charge on any atom is 0.251 e. The molecule has 0 aliphatic carbocycles. The number of carbonyl (C=O) groups is 1.